The van der Waals surface area contributed by atoms with Gasteiger partial charge in [0, 0.05) is 11.3 Å². The van der Waals surface area contributed by atoms with Crippen molar-refractivity contribution in [2.24, 2.45) is 0 Å². The van der Waals surface area contributed by atoms with E-state index in [4.69, 9.17) is 15.2 Å². The minimum absolute atomic E-state index is 0.135. The van der Waals surface area contributed by atoms with Crippen molar-refractivity contribution in [2.75, 3.05) is 12.5 Å². The zero-order valence-electron chi connectivity index (χ0n) is 11.6. The monoisotopic (exact) mass is 284 g/mol. The summed E-state index contributed by atoms with van der Waals surface area (Å²) in [4.78, 5) is 12.2. The summed E-state index contributed by atoms with van der Waals surface area (Å²) in [7, 11) is 0. The molecule has 0 saturated carbocycles. The van der Waals surface area contributed by atoms with E-state index >= 15 is 0 Å². The lowest BCUT2D eigenvalue weighted by Gasteiger charge is -2.15. The number of rotatable bonds is 3. The van der Waals surface area contributed by atoms with Crippen LogP contribution in [0.2, 0.25) is 0 Å². The number of benzene rings is 2. The largest absolute Gasteiger partial charge is 0.454 e. The van der Waals surface area contributed by atoms with Crippen LogP contribution in [0, 0.1) is 0 Å². The summed E-state index contributed by atoms with van der Waals surface area (Å²) >= 11 is 0. The quantitative estimate of drug-likeness (QED) is 0.849. The van der Waals surface area contributed by atoms with E-state index in [0.717, 1.165) is 11.3 Å². The highest BCUT2D eigenvalue weighted by molar-refractivity contribution is 5.94. The maximum Gasteiger partial charge on any atom is 0.251 e. The van der Waals surface area contributed by atoms with Gasteiger partial charge in [0.15, 0.2) is 11.5 Å². The highest BCUT2D eigenvalue weighted by Gasteiger charge is 2.17. The van der Waals surface area contributed by atoms with E-state index in [1.807, 2.05) is 25.1 Å². The van der Waals surface area contributed by atoms with Crippen LogP contribution in [0.25, 0.3) is 0 Å². The molecule has 0 bridgehead atoms. The first kappa shape index (κ1) is 13.3. The van der Waals surface area contributed by atoms with Crippen molar-refractivity contribution in [3.05, 3.63) is 53.6 Å². The SMILES string of the molecule is CC(NC(=O)c1ccc(N)cc1)c1ccc2c(c1)OCO2. The fraction of sp³-hybridized carbons (Fsp3) is 0.188. The third kappa shape index (κ3) is 2.76. The molecule has 0 saturated heterocycles. The summed E-state index contributed by atoms with van der Waals surface area (Å²) in [5.41, 5.74) is 7.79. The number of hydrogen-bond donors (Lipinski definition) is 2. The Morgan fingerprint density at radius 3 is 2.62 bits per heavy atom. The van der Waals surface area contributed by atoms with Gasteiger partial charge in [-0.3, -0.25) is 4.79 Å². The van der Waals surface area contributed by atoms with Crippen molar-refractivity contribution in [3.8, 4) is 11.5 Å². The van der Waals surface area contributed by atoms with Gasteiger partial charge in [0.2, 0.25) is 6.79 Å². The molecule has 21 heavy (non-hydrogen) atoms. The van der Waals surface area contributed by atoms with Crippen molar-refractivity contribution < 1.29 is 14.3 Å². The lowest BCUT2D eigenvalue weighted by atomic mass is 10.1. The van der Waals surface area contributed by atoms with Crippen LogP contribution in [0.4, 0.5) is 5.69 Å². The second kappa shape index (κ2) is 5.36. The van der Waals surface area contributed by atoms with Crippen LogP contribution in [0.5, 0.6) is 11.5 Å². The molecule has 108 valence electrons. The van der Waals surface area contributed by atoms with Gasteiger partial charge in [-0.05, 0) is 48.9 Å². The highest BCUT2D eigenvalue weighted by Crippen LogP contribution is 2.34. The molecule has 0 aromatic heterocycles. The minimum atomic E-state index is -0.139. The van der Waals surface area contributed by atoms with Gasteiger partial charge in [-0.2, -0.15) is 0 Å². The van der Waals surface area contributed by atoms with E-state index in [0.29, 0.717) is 17.0 Å². The molecule has 1 aliphatic rings. The number of anilines is 1. The van der Waals surface area contributed by atoms with Crippen molar-refractivity contribution >= 4 is 11.6 Å². The van der Waals surface area contributed by atoms with Gasteiger partial charge in [-0.1, -0.05) is 6.07 Å². The number of amides is 1. The minimum Gasteiger partial charge on any atom is -0.454 e. The second-order valence-corrected chi connectivity index (χ2v) is 4.93. The third-order valence-electron chi connectivity index (χ3n) is 3.42. The molecule has 1 aliphatic heterocycles. The van der Waals surface area contributed by atoms with Crippen molar-refractivity contribution in [1.82, 2.24) is 5.32 Å². The van der Waals surface area contributed by atoms with Crippen LogP contribution in [-0.2, 0) is 0 Å². The molecule has 0 fully saturated rings. The van der Waals surface area contributed by atoms with Gasteiger partial charge in [0.05, 0.1) is 6.04 Å². The number of nitrogens with two attached hydrogens (primary N) is 1. The molecule has 5 heteroatoms. The van der Waals surface area contributed by atoms with E-state index in [1.165, 1.54) is 0 Å². The number of ether oxygens (including phenoxy) is 2. The number of fused-ring (bicyclic) bond motifs is 1. The predicted molar refractivity (Wildman–Crippen MR) is 79.3 cm³/mol. The van der Waals surface area contributed by atoms with Crippen LogP contribution in [0.3, 0.4) is 0 Å². The zero-order valence-corrected chi connectivity index (χ0v) is 11.6. The van der Waals surface area contributed by atoms with Crippen LogP contribution in [0.1, 0.15) is 28.9 Å². The van der Waals surface area contributed by atoms with Gasteiger partial charge in [-0.15, -0.1) is 0 Å². The third-order valence-corrected chi connectivity index (χ3v) is 3.42. The Bertz CT molecular complexity index is 668. The van der Waals surface area contributed by atoms with Gasteiger partial charge >= 0.3 is 0 Å². The summed E-state index contributed by atoms with van der Waals surface area (Å²) in [5.74, 6) is 1.30. The second-order valence-electron chi connectivity index (χ2n) is 4.93. The van der Waals surface area contributed by atoms with Crippen molar-refractivity contribution in [1.29, 1.82) is 0 Å². The Labute approximate surface area is 122 Å². The predicted octanol–water partition coefficient (Wildman–Crippen LogP) is 2.49. The number of nitrogen functional groups attached to an aromatic ring is 1. The molecule has 5 nitrogen and oxygen atoms in total. The average molecular weight is 284 g/mol. The topological polar surface area (TPSA) is 73.6 Å². The number of carbonyl (C=O) groups is 1. The molecule has 0 radical (unpaired) electrons. The zero-order chi connectivity index (χ0) is 14.8. The van der Waals surface area contributed by atoms with Crippen molar-refractivity contribution in [3.63, 3.8) is 0 Å². The summed E-state index contributed by atoms with van der Waals surface area (Å²) in [6.07, 6.45) is 0. The normalized spacial score (nSPS) is 13.8. The maximum atomic E-state index is 12.2. The Morgan fingerprint density at radius 2 is 1.86 bits per heavy atom. The highest BCUT2D eigenvalue weighted by atomic mass is 16.7. The molecule has 3 rings (SSSR count). The van der Waals surface area contributed by atoms with Crippen LogP contribution < -0.4 is 20.5 Å². The van der Waals surface area contributed by atoms with Gasteiger partial charge < -0.3 is 20.5 Å². The molecule has 3 N–H and O–H groups in total. The molecule has 1 unspecified atom stereocenters. The average Bonchev–Trinajstić information content (AvgIpc) is 2.95. The first-order valence-electron chi connectivity index (χ1n) is 6.69. The smallest absolute Gasteiger partial charge is 0.251 e. The Hall–Kier alpha value is -2.69. The molecule has 0 aliphatic carbocycles. The molecular formula is C16H16N2O3. The Balaban J connectivity index is 1.72. The first-order chi connectivity index (χ1) is 10.1. The Kier molecular flexibility index (Phi) is 3.39. The Morgan fingerprint density at radius 1 is 1.14 bits per heavy atom. The fourth-order valence-electron chi connectivity index (χ4n) is 2.18. The summed E-state index contributed by atoms with van der Waals surface area (Å²) in [5, 5.41) is 2.95. The van der Waals surface area contributed by atoms with Crippen LogP contribution >= 0.6 is 0 Å². The molecule has 2 aromatic carbocycles. The van der Waals surface area contributed by atoms with E-state index in [9.17, 15) is 4.79 Å². The van der Waals surface area contributed by atoms with Gasteiger partial charge in [0.25, 0.3) is 5.91 Å². The summed E-state index contributed by atoms with van der Waals surface area (Å²) in [6, 6.07) is 12.3. The molecule has 1 heterocycles. The fourth-order valence-corrected chi connectivity index (χ4v) is 2.18. The van der Waals surface area contributed by atoms with E-state index in [2.05, 4.69) is 5.32 Å². The standard InChI is InChI=1S/C16H16N2O3/c1-10(12-4-7-14-15(8-12)21-9-20-14)18-16(19)11-2-5-13(17)6-3-11/h2-8,10H,9,17H2,1H3,(H,18,19). The summed E-state index contributed by atoms with van der Waals surface area (Å²) in [6.45, 7) is 2.16. The molecule has 1 amide bonds. The van der Waals surface area contributed by atoms with E-state index < -0.39 is 0 Å². The molecular weight excluding hydrogens is 268 g/mol. The lowest BCUT2D eigenvalue weighted by molar-refractivity contribution is 0.0940. The van der Waals surface area contributed by atoms with Gasteiger partial charge in [0.1, 0.15) is 0 Å². The number of nitrogens with one attached hydrogen (secondary N) is 1. The van der Waals surface area contributed by atoms with E-state index in [-0.39, 0.29) is 18.7 Å². The number of hydrogen-bond acceptors (Lipinski definition) is 4. The van der Waals surface area contributed by atoms with Crippen molar-refractivity contribution in [2.45, 2.75) is 13.0 Å². The van der Waals surface area contributed by atoms with Crippen LogP contribution in [0.15, 0.2) is 42.5 Å². The van der Waals surface area contributed by atoms with Gasteiger partial charge in [-0.25, -0.2) is 0 Å². The number of carbonyl (C=O) groups excluding carboxylic acids is 1. The first-order valence-corrected chi connectivity index (χ1v) is 6.69. The maximum absolute atomic E-state index is 12.2. The molecule has 2 aromatic rings. The summed E-state index contributed by atoms with van der Waals surface area (Å²) < 4.78 is 10.6. The van der Waals surface area contributed by atoms with E-state index in [1.54, 1.807) is 24.3 Å². The molecule has 1 atom stereocenters. The lowest BCUT2D eigenvalue weighted by Crippen LogP contribution is -2.26. The van der Waals surface area contributed by atoms with Crippen LogP contribution in [-0.4, -0.2) is 12.7 Å². The molecule has 0 spiro atoms.